The van der Waals surface area contributed by atoms with Gasteiger partial charge >= 0.3 is 0 Å². The lowest BCUT2D eigenvalue weighted by molar-refractivity contribution is 0.480. The van der Waals surface area contributed by atoms with E-state index in [2.05, 4.69) is 15.9 Å². The number of hydrogen-bond acceptors (Lipinski definition) is 3. The van der Waals surface area contributed by atoms with Gasteiger partial charge < -0.3 is 10.5 Å². The number of halogens is 2. The molecule has 0 heterocycles. The average Bonchev–Trinajstić information content (AvgIpc) is 2.41. The molecule has 0 saturated carbocycles. The summed E-state index contributed by atoms with van der Waals surface area (Å²) in [6.07, 6.45) is 1.97. The standard InChI is InChI=1S/C14H11BrClNOS2/c1-20-12-4-2-3-11(13(12)14(17)19)18-10-6-5-8(15)7-9(10)16/h2-7H,1H3,(H2,17,19). The molecule has 2 aromatic rings. The number of ether oxygens (including phenoxy) is 1. The highest BCUT2D eigenvalue weighted by Crippen LogP contribution is 2.36. The van der Waals surface area contributed by atoms with E-state index in [-0.39, 0.29) is 0 Å². The minimum atomic E-state index is 0.304. The quantitative estimate of drug-likeness (QED) is 0.573. The Morgan fingerprint density at radius 3 is 2.65 bits per heavy atom. The minimum absolute atomic E-state index is 0.304. The maximum atomic E-state index is 6.16. The molecule has 0 spiro atoms. The maximum absolute atomic E-state index is 6.16. The third-order valence-corrected chi connectivity index (χ3v) is 4.34. The van der Waals surface area contributed by atoms with Gasteiger partial charge in [0.05, 0.1) is 10.6 Å². The Morgan fingerprint density at radius 1 is 1.30 bits per heavy atom. The highest BCUT2D eigenvalue weighted by molar-refractivity contribution is 9.10. The van der Waals surface area contributed by atoms with Gasteiger partial charge in [0.2, 0.25) is 0 Å². The van der Waals surface area contributed by atoms with Crippen LogP contribution >= 0.6 is 51.5 Å². The first-order valence-electron chi connectivity index (χ1n) is 5.62. The normalized spacial score (nSPS) is 10.3. The lowest BCUT2D eigenvalue weighted by Crippen LogP contribution is -2.12. The monoisotopic (exact) mass is 387 g/mol. The molecule has 2 nitrogen and oxygen atoms in total. The van der Waals surface area contributed by atoms with Gasteiger partial charge in [-0.1, -0.05) is 45.8 Å². The first-order valence-corrected chi connectivity index (χ1v) is 8.43. The van der Waals surface area contributed by atoms with E-state index in [0.29, 0.717) is 21.5 Å². The van der Waals surface area contributed by atoms with Crippen LogP contribution in [0.1, 0.15) is 5.56 Å². The fourth-order valence-electron chi connectivity index (χ4n) is 1.69. The van der Waals surface area contributed by atoms with Gasteiger partial charge in [0.25, 0.3) is 0 Å². The second-order valence-corrected chi connectivity index (χ2v) is 6.49. The summed E-state index contributed by atoms with van der Waals surface area (Å²) in [7, 11) is 0. The molecule has 0 aliphatic heterocycles. The van der Waals surface area contributed by atoms with Gasteiger partial charge in [-0.05, 0) is 36.6 Å². The highest BCUT2D eigenvalue weighted by atomic mass is 79.9. The smallest absolute Gasteiger partial charge is 0.146 e. The van der Waals surface area contributed by atoms with E-state index in [1.807, 2.05) is 30.5 Å². The molecule has 2 N–H and O–H groups in total. The Morgan fingerprint density at radius 2 is 2.05 bits per heavy atom. The lowest BCUT2D eigenvalue weighted by atomic mass is 10.2. The highest BCUT2D eigenvalue weighted by Gasteiger charge is 2.13. The van der Waals surface area contributed by atoms with Crippen molar-refractivity contribution in [3.05, 3.63) is 51.5 Å². The minimum Gasteiger partial charge on any atom is -0.455 e. The van der Waals surface area contributed by atoms with Crippen LogP contribution in [0.3, 0.4) is 0 Å². The molecule has 0 bridgehead atoms. The Hall–Kier alpha value is -0.750. The van der Waals surface area contributed by atoms with Crippen LogP contribution in [0.25, 0.3) is 0 Å². The summed E-state index contributed by atoms with van der Waals surface area (Å²) < 4.78 is 6.76. The van der Waals surface area contributed by atoms with Crippen LogP contribution < -0.4 is 10.5 Å². The summed E-state index contributed by atoms with van der Waals surface area (Å²) in [6, 6.07) is 11.1. The van der Waals surface area contributed by atoms with Crippen molar-refractivity contribution in [3.63, 3.8) is 0 Å². The molecule has 0 radical (unpaired) electrons. The third-order valence-electron chi connectivity index (χ3n) is 2.57. The van der Waals surface area contributed by atoms with E-state index >= 15 is 0 Å². The maximum Gasteiger partial charge on any atom is 0.146 e. The molecule has 104 valence electrons. The average molecular weight is 389 g/mol. The number of hydrogen-bond donors (Lipinski definition) is 1. The van der Waals surface area contributed by atoms with Crippen molar-refractivity contribution in [3.8, 4) is 11.5 Å². The second kappa shape index (κ2) is 6.80. The fraction of sp³-hybridized carbons (Fsp3) is 0.0714. The number of benzene rings is 2. The van der Waals surface area contributed by atoms with Gasteiger partial charge in [-0.3, -0.25) is 0 Å². The number of thioether (sulfide) groups is 1. The number of thiocarbonyl (C=S) groups is 1. The fourth-order valence-corrected chi connectivity index (χ4v) is 3.30. The molecular weight excluding hydrogens is 378 g/mol. The summed E-state index contributed by atoms with van der Waals surface area (Å²) in [5.74, 6) is 1.17. The Bertz CT molecular complexity index is 664. The zero-order valence-corrected chi connectivity index (χ0v) is 14.5. The second-order valence-electron chi connectivity index (χ2n) is 3.87. The van der Waals surface area contributed by atoms with E-state index in [0.717, 1.165) is 14.9 Å². The third kappa shape index (κ3) is 3.47. The molecule has 0 aliphatic carbocycles. The Labute approximate surface area is 140 Å². The molecule has 0 atom stereocenters. The molecule has 2 rings (SSSR count). The van der Waals surface area contributed by atoms with Gasteiger partial charge in [-0.25, -0.2) is 0 Å². The summed E-state index contributed by atoms with van der Waals surface area (Å²) in [6.45, 7) is 0. The van der Waals surface area contributed by atoms with Crippen molar-refractivity contribution in [1.82, 2.24) is 0 Å². The van der Waals surface area contributed by atoms with E-state index in [1.165, 1.54) is 0 Å². The largest absolute Gasteiger partial charge is 0.455 e. The van der Waals surface area contributed by atoms with Gasteiger partial charge in [-0.2, -0.15) is 0 Å². The van der Waals surface area contributed by atoms with E-state index in [9.17, 15) is 0 Å². The van der Waals surface area contributed by atoms with Crippen molar-refractivity contribution in [2.24, 2.45) is 5.73 Å². The van der Waals surface area contributed by atoms with Crippen molar-refractivity contribution in [2.45, 2.75) is 4.90 Å². The summed E-state index contributed by atoms with van der Waals surface area (Å²) in [5, 5.41) is 0.516. The molecule has 0 aromatic heterocycles. The van der Waals surface area contributed by atoms with Crippen LogP contribution in [0.5, 0.6) is 11.5 Å². The van der Waals surface area contributed by atoms with E-state index in [1.54, 1.807) is 23.9 Å². The molecule has 0 fully saturated rings. The van der Waals surface area contributed by atoms with Gasteiger partial charge in [0.15, 0.2) is 0 Å². The molecule has 0 amide bonds. The summed E-state index contributed by atoms with van der Waals surface area (Å²) >= 11 is 16.2. The molecule has 0 saturated heterocycles. The van der Waals surface area contributed by atoms with Crippen LogP contribution in [-0.4, -0.2) is 11.2 Å². The zero-order valence-electron chi connectivity index (χ0n) is 10.5. The van der Waals surface area contributed by atoms with E-state index < -0.39 is 0 Å². The van der Waals surface area contributed by atoms with Crippen LogP contribution in [-0.2, 0) is 0 Å². The van der Waals surface area contributed by atoms with Crippen molar-refractivity contribution >= 4 is 56.5 Å². The van der Waals surface area contributed by atoms with Gasteiger partial charge in [0, 0.05) is 9.37 Å². The van der Waals surface area contributed by atoms with E-state index in [4.69, 9.17) is 34.3 Å². The van der Waals surface area contributed by atoms with Crippen molar-refractivity contribution < 1.29 is 4.74 Å². The molecule has 0 aliphatic rings. The van der Waals surface area contributed by atoms with Gasteiger partial charge in [0.1, 0.15) is 16.5 Å². The van der Waals surface area contributed by atoms with Gasteiger partial charge in [-0.15, -0.1) is 11.8 Å². The zero-order chi connectivity index (χ0) is 14.7. The molecule has 0 unspecified atom stereocenters. The van der Waals surface area contributed by atoms with Crippen LogP contribution in [0.4, 0.5) is 0 Å². The Balaban J connectivity index is 2.45. The van der Waals surface area contributed by atoms with Crippen LogP contribution in [0.15, 0.2) is 45.8 Å². The van der Waals surface area contributed by atoms with Crippen molar-refractivity contribution in [2.75, 3.05) is 6.26 Å². The molecular formula is C14H11BrClNOS2. The topological polar surface area (TPSA) is 35.2 Å². The predicted molar refractivity (Wildman–Crippen MR) is 93.3 cm³/mol. The van der Waals surface area contributed by atoms with Crippen molar-refractivity contribution in [1.29, 1.82) is 0 Å². The molecule has 2 aromatic carbocycles. The summed E-state index contributed by atoms with van der Waals surface area (Å²) in [4.78, 5) is 1.28. The Kier molecular flexibility index (Phi) is 5.32. The molecule has 20 heavy (non-hydrogen) atoms. The van der Waals surface area contributed by atoms with Crippen LogP contribution in [0, 0.1) is 0 Å². The lowest BCUT2D eigenvalue weighted by Gasteiger charge is -2.14. The first kappa shape index (κ1) is 15.6. The number of nitrogens with two attached hydrogens (primary N) is 1. The predicted octanol–water partition coefficient (Wildman–Crippen LogP) is 5.25. The summed E-state index contributed by atoms with van der Waals surface area (Å²) in [5.41, 5.74) is 6.53. The first-order chi connectivity index (χ1) is 9.52. The SMILES string of the molecule is CSc1cccc(Oc2ccc(Br)cc2Cl)c1C(N)=S. The molecule has 6 heteroatoms. The number of rotatable bonds is 4. The van der Waals surface area contributed by atoms with Crippen LogP contribution in [0.2, 0.25) is 5.02 Å².